The summed E-state index contributed by atoms with van der Waals surface area (Å²) in [7, 11) is 0. The number of halogens is 2. The zero-order chi connectivity index (χ0) is 11.8. The Hall–Kier alpha value is -1.16. The molecule has 1 fully saturated rings. The van der Waals surface area contributed by atoms with Crippen molar-refractivity contribution in [3.05, 3.63) is 28.8 Å². The van der Waals surface area contributed by atoms with Crippen molar-refractivity contribution in [3.8, 4) is 5.75 Å². The lowest BCUT2D eigenvalue weighted by molar-refractivity contribution is 0.280. The summed E-state index contributed by atoms with van der Waals surface area (Å²) in [6.07, 6.45) is 3.21. The minimum atomic E-state index is -0.484. The molecule has 0 amide bonds. The summed E-state index contributed by atoms with van der Waals surface area (Å²) in [5, 5.41) is 3.14. The second-order valence-electron chi connectivity index (χ2n) is 4.66. The average molecular weight is 239 g/mol. The summed E-state index contributed by atoms with van der Waals surface area (Å²) in [6, 6.07) is 1.16. The van der Waals surface area contributed by atoms with Crippen molar-refractivity contribution in [1.29, 1.82) is 0 Å². The predicted molar refractivity (Wildman–Crippen MR) is 60.2 cm³/mol. The van der Waals surface area contributed by atoms with Crippen LogP contribution < -0.4 is 10.1 Å². The number of fused-ring (bicyclic) bond motifs is 1. The van der Waals surface area contributed by atoms with Gasteiger partial charge < -0.3 is 10.1 Å². The molecule has 1 aromatic carbocycles. The van der Waals surface area contributed by atoms with Crippen molar-refractivity contribution < 1.29 is 13.5 Å². The Kier molecular flexibility index (Phi) is 2.74. The Bertz CT molecular complexity index is 442. The fourth-order valence-corrected chi connectivity index (χ4v) is 2.70. The monoisotopic (exact) mass is 239 g/mol. The summed E-state index contributed by atoms with van der Waals surface area (Å²) in [5.41, 5.74) is 0.744. The van der Waals surface area contributed by atoms with Crippen LogP contribution >= 0.6 is 0 Å². The molecule has 2 heterocycles. The van der Waals surface area contributed by atoms with Crippen LogP contribution in [0.2, 0.25) is 0 Å². The maximum atomic E-state index is 14.3. The normalized spacial score (nSPS) is 23.3. The van der Waals surface area contributed by atoms with E-state index in [2.05, 4.69) is 5.32 Å². The van der Waals surface area contributed by atoms with Gasteiger partial charge in [0.25, 0.3) is 0 Å². The standard InChI is InChI=1S/C13H15F2NO/c14-9-7-11-8(3-2-6-17-11)13(15)12(9)10-4-1-5-16-10/h7,10,16H,1-6H2/t10-/m1/s1. The molecule has 0 unspecified atom stereocenters. The van der Waals surface area contributed by atoms with Crippen molar-refractivity contribution >= 4 is 0 Å². The quantitative estimate of drug-likeness (QED) is 0.813. The number of hydrogen-bond acceptors (Lipinski definition) is 2. The highest BCUT2D eigenvalue weighted by Gasteiger charge is 2.28. The Morgan fingerprint density at radius 2 is 2.18 bits per heavy atom. The van der Waals surface area contributed by atoms with E-state index in [-0.39, 0.29) is 11.6 Å². The maximum absolute atomic E-state index is 14.3. The van der Waals surface area contributed by atoms with Crippen molar-refractivity contribution in [2.75, 3.05) is 13.2 Å². The molecule has 2 aliphatic heterocycles. The van der Waals surface area contributed by atoms with E-state index in [0.29, 0.717) is 24.3 Å². The molecule has 2 nitrogen and oxygen atoms in total. The van der Waals surface area contributed by atoms with E-state index >= 15 is 0 Å². The minimum Gasteiger partial charge on any atom is -0.493 e. The first-order chi connectivity index (χ1) is 8.27. The number of benzene rings is 1. The van der Waals surface area contributed by atoms with Gasteiger partial charge in [0.05, 0.1) is 6.61 Å². The van der Waals surface area contributed by atoms with E-state index in [9.17, 15) is 8.78 Å². The molecule has 2 aliphatic rings. The summed E-state index contributed by atoms with van der Waals surface area (Å²) >= 11 is 0. The van der Waals surface area contributed by atoms with Gasteiger partial charge in [-0.05, 0) is 32.2 Å². The first kappa shape index (κ1) is 11.0. The molecule has 1 aromatic rings. The van der Waals surface area contributed by atoms with Crippen LogP contribution in [-0.4, -0.2) is 13.2 Å². The molecule has 1 atom stereocenters. The minimum absolute atomic E-state index is 0.178. The van der Waals surface area contributed by atoms with Crippen molar-refractivity contribution in [1.82, 2.24) is 5.32 Å². The van der Waals surface area contributed by atoms with Gasteiger partial charge in [0.2, 0.25) is 0 Å². The second kappa shape index (κ2) is 4.26. The van der Waals surface area contributed by atoms with Crippen LogP contribution in [0.5, 0.6) is 5.75 Å². The molecule has 17 heavy (non-hydrogen) atoms. The fraction of sp³-hybridized carbons (Fsp3) is 0.538. The second-order valence-corrected chi connectivity index (χ2v) is 4.66. The van der Waals surface area contributed by atoms with Crippen molar-refractivity contribution in [2.45, 2.75) is 31.7 Å². The van der Waals surface area contributed by atoms with E-state index in [0.717, 1.165) is 25.8 Å². The summed E-state index contributed by atoms with van der Waals surface area (Å²) in [5.74, 6) is -0.505. The fourth-order valence-electron chi connectivity index (χ4n) is 2.70. The van der Waals surface area contributed by atoms with Gasteiger partial charge in [-0.15, -0.1) is 0 Å². The van der Waals surface area contributed by atoms with E-state index in [1.165, 1.54) is 6.07 Å². The molecule has 3 rings (SSSR count). The van der Waals surface area contributed by atoms with E-state index < -0.39 is 11.6 Å². The zero-order valence-corrected chi connectivity index (χ0v) is 9.56. The number of rotatable bonds is 1. The molecule has 0 bridgehead atoms. The first-order valence-electron chi connectivity index (χ1n) is 6.14. The predicted octanol–water partition coefficient (Wildman–Crippen LogP) is 2.71. The molecule has 0 radical (unpaired) electrons. The van der Waals surface area contributed by atoms with E-state index in [1.54, 1.807) is 0 Å². The van der Waals surface area contributed by atoms with Crippen LogP contribution in [0.15, 0.2) is 6.07 Å². The third-order valence-corrected chi connectivity index (χ3v) is 3.55. The Labute approximate surface area is 99.0 Å². The molecular formula is C13H15F2NO. The lowest BCUT2D eigenvalue weighted by Gasteiger charge is -2.22. The average Bonchev–Trinajstić information content (AvgIpc) is 2.83. The van der Waals surface area contributed by atoms with Crippen molar-refractivity contribution in [2.24, 2.45) is 0 Å². The first-order valence-corrected chi connectivity index (χ1v) is 6.14. The lowest BCUT2D eigenvalue weighted by Crippen LogP contribution is -2.19. The smallest absolute Gasteiger partial charge is 0.137 e. The lowest BCUT2D eigenvalue weighted by atomic mass is 9.97. The van der Waals surface area contributed by atoms with E-state index in [1.807, 2.05) is 0 Å². The topological polar surface area (TPSA) is 21.3 Å². The number of hydrogen-bond donors (Lipinski definition) is 1. The van der Waals surface area contributed by atoms with Gasteiger partial charge in [0.15, 0.2) is 0 Å². The summed E-state index contributed by atoms with van der Waals surface area (Å²) < 4.78 is 33.5. The van der Waals surface area contributed by atoms with Crippen LogP contribution in [0, 0.1) is 11.6 Å². The number of ether oxygens (including phenoxy) is 1. The highest BCUT2D eigenvalue weighted by molar-refractivity contribution is 5.42. The highest BCUT2D eigenvalue weighted by Crippen LogP contribution is 2.36. The molecule has 1 saturated heterocycles. The molecule has 1 N–H and O–H groups in total. The Balaban J connectivity index is 2.08. The molecule has 0 spiro atoms. The van der Waals surface area contributed by atoms with Crippen molar-refractivity contribution in [3.63, 3.8) is 0 Å². The molecule has 0 aliphatic carbocycles. The van der Waals surface area contributed by atoms with Crippen LogP contribution in [0.1, 0.15) is 36.4 Å². The van der Waals surface area contributed by atoms with Gasteiger partial charge in [0.1, 0.15) is 17.4 Å². The van der Waals surface area contributed by atoms with Gasteiger partial charge in [-0.3, -0.25) is 0 Å². The van der Waals surface area contributed by atoms with Crippen LogP contribution in [0.4, 0.5) is 8.78 Å². The molecule has 0 aromatic heterocycles. The van der Waals surface area contributed by atoms with E-state index in [4.69, 9.17) is 4.74 Å². The van der Waals surface area contributed by atoms with Gasteiger partial charge in [-0.1, -0.05) is 0 Å². The molecule has 4 heteroatoms. The molecule has 92 valence electrons. The molecule has 0 saturated carbocycles. The largest absolute Gasteiger partial charge is 0.493 e. The third kappa shape index (κ3) is 1.80. The number of nitrogens with one attached hydrogen (secondary N) is 1. The van der Waals surface area contributed by atoms with Crippen LogP contribution in [-0.2, 0) is 6.42 Å². The van der Waals surface area contributed by atoms with Gasteiger partial charge in [-0.2, -0.15) is 0 Å². The molecular weight excluding hydrogens is 224 g/mol. The summed E-state index contributed by atoms with van der Waals surface area (Å²) in [4.78, 5) is 0. The summed E-state index contributed by atoms with van der Waals surface area (Å²) in [6.45, 7) is 1.38. The maximum Gasteiger partial charge on any atom is 0.137 e. The van der Waals surface area contributed by atoms with Gasteiger partial charge in [-0.25, -0.2) is 8.78 Å². The SMILES string of the molecule is Fc1cc2c(c(F)c1[C@H]1CCCN1)CCCO2. The van der Waals surface area contributed by atoms with Gasteiger partial charge in [0, 0.05) is 23.2 Å². The zero-order valence-electron chi connectivity index (χ0n) is 9.56. The Morgan fingerprint density at radius 1 is 1.29 bits per heavy atom. The van der Waals surface area contributed by atoms with Crippen LogP contribution in [0.3, 0.4) is 0 Å². The Morgan fingerprint density at radius 3 is 2.94 bits per heavy atom. The van der Waals surface area contributed by atoms with Crippen LogP contribution in [0.25, 0.3) is 0 Å². The van der Waals surface area contributed by atoms with Gasteiger partial charge >= 0.3 is 0 Å². The highest BCUT2D eigenvalue weighted by atomic mass is 19.1. The third-order valence-electron chi connectivity index (χ3n) is 3.55.